The van der Waals surface area contributed by atoms with Gasteiger partial charge in [-0.1, -0.05) is 59.7 Å². The molecule has 2 nitrogen and oxygen atoms in total. The molecule has 2 aromatic carbocycles. The van der Waals surface area contributed by atoms with E-state index in [1.54, 1.807) is 0 Å². The zero-order valence-corrected chi connectivity index (χ0v) is 13.0. The van der Waals surface area contributed by atoms with E-state index < -0.39 is 0 Å². The number of hydrogen-bond acceptors (Lipinski definition) is 2. The highest BCUT2D eigenvalue weighted by Gasteiger charge is 2.13. The van der Waals surface area contributed by atoms with Crippen LogP contribution >= 0.6 is 0 Å². The predicted octanol–water partition coefficient (Wildman–Crippen LogP) is 5.26. The minimum absolute atomic E-state index is 0.990. The van der Waals surface area contributed by atoms with Crippen LogP contribution in [-0.2, 0) is 0 Å². The molecule has 0 aliphatic heterocycles. The molecular weight excluding hydrogens is 268 g/mol. The number of para-hydroxylation sites is 1. The van der Waals surface area contributed by atoms with Crippen LogP contribution < -0.4 is 5.43 Å². The summed E-state index contributed by atoms with van der Waals surface area (Å²) in [6.45, 7) is 4.38. The van der Waals surface area contributed by atoms with Crippen molar-refractivity contribution in [3.05, 3.63) is 82.9 Å². The summed E-state index contributed by atoms with van der Waals surface area (Å²) in [5.74, 6) is 0. The molecular formula is C20H20N2. The lowest BCUT2D eigenvalue weighted by molar-refractivity contribution is 1.22. The number of anilines is 1. The van der Waals surface area contributed by atoms with Crippen molar-refractivity contribution in [2.24, 2.45) is 5.10 Å². The van der Waals surface area contributed by atoms with E-state index in [4.69, 9.17) is 0 Å². The van der Waals surface area contributed by atoms with Gasteiger partial charge in [-0.25, -0.2) is 0 Å². The third kappa shape index (κ3) is 3.17. The molecule has 0 spiro atoms. The summed E-state index contributed by atoms with van der Waals surface area (Å²) >= 11 is 0. The average molecular weight is 288 g/mol. The Hall–Kier alpha value is -2.61. The van der Waals surface area contributed by atoms with E-state index in [1.165, 1.54) is 22.3 Å². The molecule has 0 unspecified atom stereocenters. The molecule has 2 aromatic rings. The minimum atomic E-state index is 0.990. The van der Waals surface area contributed by atoms with Crippen molar-refractivity contribution >= 4 is 17.5 Å². The topological polar surface area (TPSA) is 24.4 Å². The number of nitrogens with one attached hydrogen (secondary N) is 1. The van der Waals surface area contributed by atoms with E-state index in [2.05, 4.69) is 54.7 Å². The highest BCUT2D eigenvalue weighted by molar-refractivity contribution is 5.90. The second-order valence-electron chi connectivity index (χ2n) is 5.63. The Balaban J connectivity index is 1.79. The van der Waals surface area contributed by atoms with E-state index in [1.807, 2.05) is 36.5 Å². The lowest BCUT2D eigenvalue weighted by Crippen LogP contribution is -1.94. The van der Waals surface area contributed by atoms with Crippen LogP contribution in [0.5, 0.6) is 0 Å². The number of hydrogen-bond donors (Lipinski definition) is 1. The van der Waals surface area contributed by atoms with Crippen molar-refractivity contribution in [3.63, 3.8) is 0 Å². The monoisotopic (exact) mass is 288 g/mol. The molecule has 0 atom stereocenters. The second-order valence-corrected chi connectivity index (χ2v) is 5.63. The standard InChI is InChI=1S/C20H20N2/c1-15-12-18(13-16(15)2)20-11-7-6-8-17(20)14-21-22-19-9-4-3-5-10-19/h3-12,14,22H,13H2,1-2H3/b21-14+. The molecule has 0 radical (unpaired) electrons. The lowest BCUT2D eigenvalue weighted by atomic mass is 9.98. The SMILES string of the molecule is CC1=C(C)CC(c2ccccc2/C=N/Nc2ccccc2)=C1. The van der Waals surface area contributed by atoms with Crippen LogP contribution in [0.2, 0.25) is 0 Å². The van der Waals surface area contributed by atoms with E-state index in [9.17, 15) is 0 Å². The molecule has 0 bridgehead atoms. The number of hydrazone groups is 1. The fourth-order valence-electron chi connectivity index (χ4n) is 2.62. The van der Waals surface area contributed by atoms with E-state index in [0.717, 1.165) is 17.7 Å². The third-order valence-electron chi connectivity index (χ3n) is 4.00. The number of nitrogens with zero attached hydrogens (tertiary/aromatic N) is 1. The zero-order valence-electron chi connectivity index (χ0n) is 13.0. The smallest absolute Gasteiger partial charge is 0.0561 e. The van der Waals surface area contributed by atoms with Crippen LogP contribution in [0, 0.1) is 0 Å². The van der Waals surface area contributed by atoms with Gasteiger partial charge in [-0.2, -0.15) is 5.10 Å². The van der Waals surface area contributed by atoms with Gasteiger partial charge in [0.25, 0.3) is 0 Å². The second kappa shape index (κ2) is 6.44. The van der Waals surface area contributed by atoms with Crippen LogP contribution in [0.15, 0.2) is 76.9 Å². The molecule has 0 aromatic heterocycles. The first kappa shape index (κ1) is 14.3. The summed E-state index contributed by atoms with van der Waals surface area (Å²) in [5, 5.41) is 4.37. The van der Waals surface area contributed by atoms with Gasteiger partial charge in [-0.15, -0.1) is 0 Å². The van der Waals surface area contributed by atoms with Crippen LogP contribution in [0.4, 0.5) is 5.69 Å². The number of benzene rings is 2. The normalized spacial score (nSPS) is 14.5. The van der Waals surface area contributed by atoms with Gasteiger partial charge >= 0.3 is 0 Å². The Kier molecular flexibility index (Phi) is 4.19. The Morgan fingerprint density at radius 3 is 2.41 bits per heavy atom. The summed E-state index contributed by atoms with van der Waals surface area (Å²) in [6.07, 6.45) is 5.21. The van der Waals surface area contributed by atoms with Crippen LogP contribution in [0.3, 0.4) is 0 Å². The summed E-state index contributed by atoms with van der Waals surface area (Å²) in [6, 6.07) is 18.4. The molecule has 0 fully saturated rings. The van der Waals surface area contributed by atoms with Gasteiger partial charge in [0.15, 0.2) is 0 Å². The van der Waals surface area contributed by atoms with Crippen molar-refractivity contribution in [1.29, 1.82) is 0 Å². The maximum absolute atomic E-state index is 4.37. The number of rotatable bonds is 4. The van der Waals surface area contributed by atoms with Gasteiger partial charge in [0.1, 0.15) is 0 Å². The Labute approximate surface area is 131 Å². The van der Waals surface area contributed by atoms with Gasteiger partial charge in [-0.3, -0.25) is 5.43 Å². The molecule has 0 heterocycles. The van der Waals surface area contributed by atoms with Crippen molar-refractivity contribution in [1.82, 2.24) is 0 Å². The molecule has 0 saturated carbocycles. The van der Waals surface area contributed by atoms with Gasteiger partial charge in [0.05, 0.1) is 11.9 Å². The summed E-state index contributed by atoms with van der Waals surface area (Å²) in [7, 11) is 0. The highest BCUT2D eigenvalue weighted by atomic mass is 15.3. The van der Waals surface area contributed by atoms with Crippen molar-refractivity contribution in [3.8, 4) is 0 Å². The Morgan fingerprint density at radius 1 is 0.955 bits per heavy atom. The van der Waals surface area contributed by atoms with E-state index >= 15 is 0 Å². The summed E-state index contributed by atoms with van der Waals surface area (Å²) in [4.78, 5) is 0. The maximum atomic E-state index is 4.37. The molecule has 1 aliphatic rings. The van der Waals surface area contributed by atoms with Crippen LogP contribution in [0.25, 0.3) is 5.57 Å². The summed E-state index contributed by atoms with van der Waals surface area (Å²) in [5.41, 5.74) is 10.7. The largest absolute Gasteiger partial charge is 0.279 e. The average Bonchev–Trinajstić information content (AvgIpc) is 2.88. The molecule has 1 N–H and O–H groups in total. The zero-order chi connectivity index (χ0) is 15.4. The third-order valence-corrected chi connectivity index (χ3v) is 4.00. The predicted molar refractivity (Wildman–Crippen MR) is 95.1 cm³/mol. The molecule has 3 rings (SSSR count). The fourth-order valence-corrected chi connectivity index (χ4v) is 2.62. The Morgan fingerprint density at radius 2 is 1.68 bits per heavy atom. The van der Waals surface area contributed by atoms with Gasteiger partial charge < -0.3 is 0 Å². The quantitative estimate of drug-likeness (QED) is 0.602. The van der Waals surface area contributed by atoms with Crippen molar-refractivity contribution in [2.75, 3.05) is 5.43 Å². The van der Waals surface area contributed by atoms with Crippen LogP contribution in [-0.4, -0.2) is 6.21 Å². The fraction of sp³-hybridized carbons (Fsp3) is 0.150. The first-order valence-corrected chi connectivity index (χ1v) is 7.54. The summed E-state index contributed by atoms with van der Waals surface area (Å²) < 4.78 is 0. The molecule has 22 heavy (non-hydrogen) atoms. The molecule has 0 amide bonds. The maximum Gasteiger partial charge on any atom is 0.0561 e. The molecule has 0 saturated heterocycles. The first-order chi connectivity index (χ1) is 10.7. The molecule has 110 valence electrons. The Bertz CT molecular complexity index is 752. The lowest BCUT2D eigenvalue weighted by Gasteiger charge is -2.07. The highest BCUT2D eigenvalue weighted by Crippen LogP contribution is 2.33. The van der Waals surface area contributed by atoms with Gasteiger partial charge in [-0.05, 0) is 43.5 Å². The molecule has 1 aliphatic carbocycles. The van der Waals surface area contributed by atoms with Crippen molar-refractivity contribution in [2.45, 2.75) is 20.3 Å². The first-order valence-electron chi connectivity index (χ1n) is 7.54. The van der Waals surface area contributed by atoms with E-state index in [0.29, 0.717) is 0 Å². The minimum Gasteiger partial charge on any atom is -0.279 e. The van der Waals surface area contributed by atoms with E-state index in [-0.39, 0.29) is 0 Å². The van der Waals surface area contributed by atoms with Gasteiger partial charge in [0.2, 0.25) is 0 Å². The van der Waals surface area contributed by atoms with Crippen LogP contribution in [0.1, 0.15) is 31.4 Å². The van der Waals surface area contributed by atoms with Crippen molar-refractivity contribution < 1.29 is 0 Å². The molecule has 2 heteroatoms. The number of allylic oxidation sites excluding steroid dienone is 4. The van der Waals surface area contributed by atoms with Gasteiger partial charge in [0, 0.05) is 5.56 Å².